The van der Waals surface area contributed by atoms with E-state index in [-0.39, 0.29) is 24.1 Å². The van der Waals surface area contributed by atoms with Crippen molar-refractivity contribution in [2.75, 3.05) is 0 Å². The van der Waals surface area contributed by atoms with Gasteiger partial charge in [-0.15, -0.1) is 0 Å². The average molecular weight is 424 g/mol. The zero-order valence-electron chi connectivity index (χ0n) is 17.6. The Labute approximate surface area is 180 Å². The van der Waals surface area contributed by atoms with Crippen molar-refractivity contribution in [3.05, 3.63) is 70.8 Å². The van der Waals surface area contributed by atoms with Crippen LogP contribution in [0.25, 0.3) is 0 Å². The van der Waals surface area contributed by atoms with E-state index in [4.69, 9.17) is 9.57 Å². The summed E-state index contributed by atoms with van der Waals surface area (Å²) in [7, 11) is 0. The monoisotopic (exact) mass is 424 g/mol. The molecule has 0 spiro atoms. The van der Waals surface area contributed by atoms with Crippen LogP contribution in [0.3, 0.4) is 0 Å². The average Bonchev–Trinajstić information content (AvgIpc) is 2.95. The molecule has 162 valence electrons. The van der Waals surface area contributed by atoms with Gasteiger partial charge in [-0.2, -0.15) is 0 Å². The lowest BCUT2D eigenvalue weighted by Crippen LogP contribution is -2.33. The number of alkyl carbamates (subject to hydrolysis) is 1. The van der Waals surface area contributed by atoms with E-state index in [0.29, 0.717) is 11.5 Å². The summed E-state index contributed by atoms with van der Waals surface area (Å²) in [6.45, 7) is 5.57. The number of fused-ring (bicyclic) bond motifs is 1. The smallest absolute Gasteiger partial charge is 0.407 e. The Kier molecular flexibility index (Phi) is 6.39. The molecule has 0 aliphatic carbocycles. The minimum atomic E-state index is -0.704. The van der Waals surface area contributed by atoms with Crippen molar-refractivity contribution in [1.29, 1.82) is 0 Å². The van der Waals surface area contributed by atoms with Crippen LogP contribution < -0.4 is 5.32 Å². The molecule has 1 aliphatic heterocycles. The minimum absolute atomic E-state index is 0.0448. The van der Waals surface area contributed by atoms with Gasteiger partial charge in [0.25, 0.3) is 11.8 Å². The lowest BCUT2D eigenvalue weighted by atomic mass is 10.0. The number of ether oxygens (including phenoxy) is 1. The fourth-order valence-electron chi connectivity index (χ4n) is 3.09. The number of hydrogen-bond donors (Lipinski definition) is 1. The van der Waals surface area contributed by atoms with E-state index in [1.54, 1.807) is 32.9 Å². The fraction of sp³-hybridized carbons (Fsp3) is 0.304. The molecule has 3 rings (SSSR count). The highest BCUT2D eigenvalue weighted by molar-refractivity contribution is 6.20. The van der Waals surface area contributed by atoms with E-state index in [9.17, 15) is 19.2 Å². The molecule has 3 amide bonds. The van der Waals surface area contributed by atoms with Crippen LogP contribution in [0.5, 0.6) is 0 Å². The molecule has 8 heteroatoms. The molecule has 0 atom stereocenters. The number of amides is 3. The molecule has 0 unspecified atom stereocenters. The van der Waals surface area contributed by atoms with Crippen molar-refractivity contribution < 1.29 is 28.8 Å². The summed E-state index contributed by atoms with van der Waals surface area (Å²) in [4.78, 5) is 53.8. The third-order valence-corrected chi connectivity index (χ3v) is 4.49. The van der Waals surface area contributed by atoms with Gasteiger partial charge in [0.1, 0.15) is 5.60 Å². The summed E-state index contributed by atoms with van der Waals surface area (Å²) in [5, 5.41) is 3.19. The van der Waals surface area contributed by atoms with Gasteiger partial charge < -0.3 is 14.9 Å². The summed E-state index contributed by atoms with van der Waals surface area (Å²) >= 11 is 0. The Balaban J connectivity index is 1.56. The van der Waals surface area contributed by atoms with Gasteiger partial charge in [-0.05, 0) is 50.5 Å². The summed E-state index contributed by atoms with van der Waals surface area (Å²) < 4.78 is 5.23. The first-order valence-electron chi connectivity index (χ1n) is 9.88. The molecule has 0 saturated heterocycles. The number of nitrogens with zero attached hydrogens (tertiary/aromatic N) is 1. The molecule has 0 saturated carbocycles. The normalized spacial score (nSPS) is 13.1. The number of imide groups is 1. The molecule has 2 aromatic rings. The third kappa shape index (κ3) is 5.48. The van der Waals surface area contributed by atoms with Crippen LogP contribution in [0.15, 0.2) is 48.5 Å². The molecule has 0 fully saturated rings. The highest BCUT2D eigenvalue weighted by Crippen LogP contribution is 2.23. The highest BCUT2D eigenvalue weighted by Gasteiger charge is 2.38. The van der Waals surface area contributed by atoms with E-state index >= 15 is 0 Å². The highest BCUT2D eigenvalue weighted by atomic mass is 16.7. The van der Waals surface area contributed by atoms with Gasteiger partial charge in [-0.1, -0.05) is 41.5 Å². The summed E-state index contributed by atoms with van der Waals surface area (Å²) in [5.41, 5.74) is 1.47. The number of nitrogens with one attached hydrogen (secondary N) is 1. The van der Waals surface area contributed by atoms with Crippen molar-refractivity contribution in [2.24, 2.45) is 0 Å². The molecule has 1 N–H and O–H groups in total. The number of hydrogen-bond acceptors (Lipinski definition) is 6. The van der Waals surface area contributed by atoms with Crippen molar-refractivity contribution in [1.82, 2.24) is 10.4 Å². The third-order valence-electron chi connectivity index (χ3n) is 4.49. The first-order valence-corrected chi connectivity index (χ1v) is 9.88. The van der Waals surface area contributed by atoms with Crippen molar-refractivity contribution >= 4 is 23.9 Å². The van der Waals surface area contributed by atoms with E-state index in [1.807, 2.05) is 24.3 Å². The molecule has 0 bridgehead atoms. The lowest BCUT2D eigenvalue weighted by Gasteiger charge is -2.20. The van der Waals surface area contributed by atoms with E-state index in [1.165, 1.54) is 12.1 Å². The van der Waals surface area contributed by atoms with Gasteiger partial charge in [0, 0.05) is 6.54 Å². The van der Waals surface area contributed by atoms with E-state index in [2.05, 4.69) is 5.32 Å². The molecule has 0 radical (unpaired) electrons. The van der Waals surface area contributed by atoms with Crippen LogP contribution in [-0.4, -0.2) is 34.5 Å². The summed E-state index contributed by atoms with van der Waals surface area (Å²) in [6.07, 6.45) is -0.266. The Bertz CT molecular complexity index is 990. The second-order valence-electron chi connectivity index (χ2n) is 8.04. The molecule has 2 aromatic carbocycles. The first kappa shape index (κ1) is 22.0. The van der Waals surface area contributed by atoms with Crippen LogP contribution in [0.4, 0.5) is 4.79 Å². The molecule has 31 heavy (non-hydrogen) atoms. The molecular formula is C23H24N2O6. The molecular weight excluding hydrogens is 400 g/mol. The number of carbonyl (C=O) groups is 4. The van der Waals surface area contributed by atoms with Gasteiger partial charge in [0.05, 0.1) is 17.5 Å². The number of carbonyl (C=O) groups excluding carboxylic acids is 4. The van der Waals surface area contributed by atoms with Crippen molar-refractivity contribution in [2.45, 2.75) is 45.8 Å². The predicted octanol–water partition coefficient (Wildman–Crippen LogP) is 3.40. The Hall–Kier alpha value is -3.68. The van der Waals surface area contributed by atoms with Gasteiger partial charge in [0.2, 0.25) is 0 Å². The number of rotatable bonds is 6. The standard InChI is InChI=1S/C23H24N2O6/c1-23(2,3)30-22(29)24-14-16-9-5-4-8-15(16)12-13-19(26)31-25-20(27)17-10-6-7-11-18(17)21(25)28/h4-11H,12-14H2,1-3H3,(H,24,29). The Morgan fingerprint density at radius 3 is 2.03 bits per heavy atom. The van der Waals surface area contributed by atoms with Crippen LogP contribution >= 0.6 is 0 Å². The fourth-order valence-corrected chi connectivity index (χ4v) is 3.09. The second-order valence-corrected chi connectivity index (χ2v) is 8.04. The second kappa shape index (κ2) is 8.99. The predicted molar refractivity (Wildman–Crippen MR) is 111 cm³/mol. The van der Waals surface area contributed by atoms with Crippen molar-refractivity contribution in [3.8, 4) is 0 Å². The van der Waals surface area contributed by atoms with Gasteiger partial charge in [-0.3, -0.25) is 9.59 Å². The van der Waals surface area contributed by atoms with Crippen LogP contribution in [0, 0.1) is 0 Å². The maximum atomic E-state index is 12.3. The number of hydroxylamine groups is 2. The topological polar surface area (TPSA) is 102 Å². The Morgan fingerprint density at radius 1 is 0.903 bits per heavy atom. The molecule has 8 nitrogen and oxygen atoms in total. The summed E-state index contributed by atoms with van der Waals surface area (Å²) in [6, 6.07) is 13.6. The van der Waals surface area contributed by atoms with Crippen LogP contribution in [0.1, 0.15) is 59.0 Å². The maximum Gasteiger partial charge on any atom is 0.407 e. The van der Waals surface area contributed by atoms with Gasteiger partial charge >= 0.3 is 12.1 Å². The van der Waals surface area contributed by atoms with Gasteiger partial charge in [-0.25, -0.2) is 9.59 Å². The zero-order valence-corrected chi connectivity index (χ0v) is 17.6. The molecule has 1 aliphatic rings. The molecule has 1 heterocycles. The minimum Gasteiger partial charge on any atom is -0.444 e. The van der Waals surface area contributed by atoms with Crippen molar-refractivity contribution in [3.63, 3.8) is 0 Å². The number of benzene rings is 2. The molecule has 0 aromatic heterocycles. The van der Waals surface area contributed by atoms with E-state index < -0.39 is 29.5 Å². The Morgan fingerprint density at radius 2 is 1.45 bits per heavy atom. The SMILES string of the molecule is CC(C)(C)OC(=O)NCc1ccccc1CCC(=O)ON1C(=O)c2ccccc2C1=O. The maximum absolute atomic E-state index is 12.3. The van der Waals surface area contributed by atoms with Gasteiger partial charge in [0.15, 0.2) is 0 Å². The van der Waals surface area contributed by atoms with E-state index in [0.717, 1.165) is 11.1 Å². The van der Waals surface area contributed by atoms with Crippen LogP contribution in [-0.2, 0) is 27.3 Å². The quantitative estimate of drug-likeness (QED) is 0.713. The lowest BCUT2D eigenvalue weighted by molar-refractivity contribution is -0.168. The first-order chi connectivity index (χ1) is 14.7. The van der Waals surface area contributed by atoms with Crippen LogP contribution in [0.2, 0.25) is 0 Å². The number of aryl methyl sites for hydroxylation is 1. The largest absolute Gasteiger partial charge is 0.444 e. The summed E-state index contributed by atoms with van der Waals surface area (Å²) in [5.74, 6) is -2.02. The zero-order chi connectivity index (χ0) is 22.6.